The standard InChI is InChI=1S/C14H19Cl2N3O4S/c1-8-10(6-17-11(20)5-15)13(21)14(9(2)12(8)16)24(22,23)18-7-19(3)4/h7,21H,5-6H2,1-4H3,(H,17,20)/b18-7+. The summed E-state index contributed by atoms with van der Waals surface area (Å²) in [7, 11) is -0.944. The number of halogens is 2. The maximum Gasteiger partial charge on any atom is 0.287 e. The predicted molar refractivity (Wildman–Crippen MR) is 94.5 cm³/mol. The molecule has 0 radical (unpaired) electrons. The Bertz CT molecular complexity index is 777. The second-order valence-corrected chi connectivity index (χ2v) is 7.50. The Morgan fingerprint density at radius 2 is 1.92 bits per heavy atom. The van der Waals surface area contributed by atoms with Gasteiger partial charge in [0.05, 0.1) is 0 Å². The van der Waals surface area contributed by atoms with Crippen molar-refractivity contribution < 1.29 is 18.3 Å². The number of alkyl halides is 1. The van der Waals surface area contributed by atoms with E-state index in [0.29, 0.717) is 5.56 Å². The Hall–Kier alpha value is -1.51. The minimum Gasteiger partial charge on any atom is -0.506 e. The van der Waals surface area contributed by atoms with Crippen molar-refractivity contribution in [3.8, 4) is 5.75 Å². The molecular weight excluding hydrogens is 377 g/mol. The van der Waals surface area contributed by atoms with Crippen molar-refractivity contribution in [3.05, 3.63) is 21.7 Å². The molecule has 1 aromatic carbocycles. The first-order valence-corrected chi connectivity index (χ1v) is 9.18. The molecule has 0 aliphatic carbocycles. The molecule has 0 spiro atoms. The minimum atomic E-state index is -4.17. The summed E-state index contributed by atoms with van der Waals surface area (Å²) in [6.07, 6.45) is 1.11. The SMILES string of the molecule is Cc1c(Cl)c(C)c(S(=O)(=O)/N=C/N(C)C)c(O)c1CNC(=O)CCl. The fourth-order valence-corrected chi connectivity index (χ4v) is 3.61. The van der Waals surface area contributed by atoms with Crippen LogP contribution in [-0.2, 0) is 21.4 Å². The average Bonchev–Trinajstić information content (AvgIpc) is 2.50. The summed E-state index contributed by atoms with van der Waals surface area (Å²) in [4.78, 5) is 12.4. The first-order valence-electron chi connectivity index (χ1n) is 6.83. The third-order valence-electron chi connectivity index (χ3n) is 3.21. The quantitative estimate of drug-likeness (QED) is 0.434. The number of nitrogens with one attached hydrogen (secondary N) is 1. The Balaban J connectivity index is 3.52. The highest BCUT2D eigenvalue weighted by atomic mass is 35.5. The van der Waals surface area contributed by atoms with Crippen LogP contribution in [0, 0.1) is 13.8 Å². The molecule has 0 heterocycles. The topological polar surface area (TPSA) is 99.1 Å². The summed E-state index contributed by atoms with van der Waals surface area (Å²) in [5, 5.41) is 13.1. The van der Waals surface area contributed by atoms with Gasteiger partial charge in [0.2, 0.25) is 5.91 Å². The van der Waals surface area contributed by atoms with Gasteiger partial charge in [-0.3, -0.25) is 4.79 Å². The van der Waals surface area contributed by atoms with Gasteiger partial charge in [-0.15, -0.1) is 16.0 Å². The van der Waals surface area contributed by atoms with E-state index in [9.17, 15) is 18.3 Å². The Kier molecular flexibility index (Phi) is 6.88. The normalized spacial score (nSPS) is 11.8. The second-order valence-electron chi connectivity index (χ2n) is 5.29. The minimum absolute atomic E-state index is 0.108. The van der Waals surface area contributed by atoms with Gasteiger partial charge < -0.3 is 15.3 Å². The van der Waals surface area contributed by atoms with E-state index in [1.165, 1.54) is 11.8 Å². The fraction of sp³-hybridized carbons (Fsp3) is 0.429. The van der Waals surface area contributed by atoms with Crippen LogP contribution >= 0.6 is 23.2 Å². The van der Waals surface area contributed by atoms with Gasteiger partial charge in [0.25, 0.3) is 10.0 Å². The molecule has 1 amide bonds. The highest BCUT2D eigenvalue weighted by molar-refractivity contribution is 7.90. The van der Waals surface area contributed by atoms with Crippen LogP contribution in [0.15, 0.2) is 9.29 Å². The van der Waals surface area contributed by atoms with E-state index in [2.05, 4.69) is 9.71 Å². The number of rotatable bonds is 6. The molecule has 0 fully saturated rings. The summed E-state index contributed by atoms with van der Waals surface area (Å²) >= 11 is 11.6. The van der Waals surface area contributed by atoms with Gasteiger partial charge in [-0.2, -0.15) is 8.42 Å². The highest BCUT2D eigenvalue weighted by Gasteiger charge is 2.27. The summed E-state index contributed by atoms with van der Waals surface area (Å²) < 4.78 is 28.4. The van der Waals surface area contributed by atoms with Gasteiger partial charge in [0, 0.05) is 31.2 Å². The summed E-state index contributed by atoms with van der Waals surface area (Å²) in [6.45, 7) is 2.99. The molecule has 0 saturated carbocycles. The lowest BCUT2D eigenvalue weighted by atomic mass is 10.0. The first-order chi connectivity index (χ1) is 11.0. The van der Waals surface area contributed by atoms with Crippen LogP contribution in [0.1, 0.15) is 16.7 Å². The van der Waals surface area contributed by atoms with Crippen LogP contribution in [0.5, 0.6) is 5.75 Å². The lowest BCUT2D eigenvalue weighted by molar-refractivity contribution is -0.118. The zero-order valence-electron chi connectivity index (χ0n) is 13.7. The van der Waals surface area contributed by atoms with Crippen LogP contribution in [0.2, 0.25) is 5.02 Å². The zero-order valence-corrected chi connectivity index (χ0v) is 16.1. The smallest absolute Gasteiger partial charge is 0.287 e. The molecule has 1 rings (SSSR count). The van der Waals surface area contributed by atoms with Gasteiger partial charge in [-0.25, -0.2) is 0 Å². The van der Waals surface area contributed by atoms with Crippen molar-refractivity contribution in [3.63, 3.8) is 0 Å². The Morgan fingerprint density at radius 3 is 2.42 bits per heavy atom. The summed E-state index contributed by atoms with van der Waals surface area (Å²) in [6, 6.07) is 0. The van der Waals surface area contributed by atoms with E-state index in [-0.39, 0.29) is 33.5 Å². The van der Waals surface area contributed by atoms with E-state index < -0.39 is 21.7 Å². The van der Waals surface area contributed by atoms with Crippen molar-refractivity contribution >= 4 is 45.5 Å². The number of aromatic hydroxyl groups is 1. The number of carbonyl (C=O) groups is 1. The van der Waals surface area contributed by atoms with E-state index in [1.54, 1.807) is 21.0 Å². The van der Waals surface area contributed by atoms with Gasteiger partial charge in [0.15, 0.2) is 0 Å². The zero-order chi connectivity index (χ0) is 18.7. The highest BCUT2D eigenvalue weighted by Crippen LogP contribution is 2.39. The number of nitrogens with zero attached hydrogens (tertiary/aromatic N) is 2. The van der Waals surface area contributed by atoms with Gasteiger partial charge in [0.1, 0.15) is 22.9 Å². The third kappa shape index (κ3) is 4.52. The van der Waals surface area contributed by atoms with Gasteiger partial charge >= 0.3 is 0 Å². The predicted octanol–water partition coefficient (Wildman–Crippen LogP) is 1.80. The molecule has 0 aliphatic rings. The Labute approximate surface area is 151 Å². The number of hydrogen-bond donors (Lipinski definition) is 2. The second kappa shape index (κ2) is 8.04. The monoisotopic (exact) mass is 395 g/mol. The molecule has 24 heavy (non-hydrogen) atoms. The molecule has 2 N–H and O–H groups in total. The van der Waals surface area contributed by atoms with Crippen molar-refractivity contribution in [1.82, 2.24) is 10.2 Å². The number of benzene rings is 1. The summed E-state index contributed by atoms with van der Waals surface area (Å²) in [5.41, 5.74) is 0.856. The first kappa shape index (κ1) is 20.5. The molecule has 1 aromatic rings. The van der Waals surface area contributed by atoms with Gasteiger partial charge in [-0.1, -0.05) is 11.6 Å². The van der Waals surface area contributed by atoms with Crippen molar-refractivity contribution in [2.24, 2.45) is 4.40 Å². The molecule has 0 unspecified atom stereocenters. The van der Waals surface area contributed by atoms with E-state index in [4.69, 9.17) is 23.2 Å². The molecular formula is C14H19Cl2N3O4S. The van der Waals surface area contributed by atoms with Crippen molar-refractivity contribution in [2.45, 2.75) is 25.3 Å². The fourth-order valence-electron chi connectivity index (χ4n) is 1.98. The molecule has 0 saturated heterocycles. The number of phenolic OH excluding ortho intramolecular Hbond substituents is 1. The number of carbonyl (C=O) groups excluding carboxylic acids is 1. The average molecular weight is 396 g/mol. The number of hydrogen-bond acceptors (Lipinski definition) is 4. The van der Waals surface area contributed by atoms with E-state index in [1.807, 2.05) is 0 Å². The lowest BCUT2D eigenvalue weighted by Gasteiger charge is -2.17. The third-order valence-corrected chi connectivity index (χ3v) is 5.41. The maximum absolute atomic E-state index is 12.4. The number of amides is 1. The molecule has 134 valence electrons. The van der Waals surface area contributed by atoms with Crippen LogP contribution in [0.4, 0.5) is 0 Å². The maximum atomic E-state index is 12.4. The molecule has 0 bridgehead atoms. The largest absolute Gasteiger partial charge is 0.506 e. The Morgan fingerprint density at radius 1 is 1.33 bits per heavy atom. The van der Waals surface area contributed by atoms with Crippen LogP contribution in [0.3, 0.4) is 0 Å². The number of sulfonamides is 1. The molecule has 7 nitrogen and oxygen atoms in total. The molecule has 0 atom stereocenters. The van der Waals surface area contributed by atoms with Crippen molar-refractivity contribution in [1.29, 1.82) is 0 Å². The molecule has 10 heteroatoms. The summed E-state index contributed by atoms with van der Waals surface area (Å²) in [5.74, 6) is -1.19. The van der Waals surface area contributed by atoms with Crippen LogP contribution in [0.25, 0.3) is 0 Å². The molecule has 0 aliphatic heterocycles. The van der Waals surface area contributed by atoms with Crippen molar-refractivity contribution in [2.75, 3.05) is 20.0 Å². The van der Waals surface area contributed by atoms with Crippen LogP contribution in [-0.4, -0.2) is 50.6 Å². The molecule has 0 aromatic heterocycles. The van der Waals surface area contributed by atoms with Crippen LogP contribution < -0.4 is 5.32 Å². The lowest BCUT2D eigenvalue weighted by Crippen LogP contribution is -2.24. The number of phenols is 1. The van der Waals surface area contributed by atoms with E-state index in [0.717, 1.165) is 6.34 Å². The van der Waals surface area contributed by atoms with E-state index >= 15 is 0 Å². The van der Waals surface area contributed by atoms with Gasteiger partial charge in [-0.05, 0) is 25.0 Å².